The minimum Gasteiger partial charge on any atom is -0.508 e. The van der Waals surface area contributed by atoms with Gasteiger partial charge in [0.15, 0.2) is 0 Å². The van der Waals surface area contributed by atoms with Crippen LogP contribution in [0.25, 0.3) is 5.76 Å². The number of fused-ring (bicyclic) bond motifs is 1. The van der Waals surface area contributed by atoms with Gasteiger partial charge in [0.1, 0.15) is 23.4 Å². The fourth-order valence-corrected chi connectivity index (χ4v) is 4.07. The smallest absolute Gasteiger partial charge is 0.295 e. The molecule has 0 saturated carbocycles. The number of aliphatic hydroxyl groups is 1. The Morgan fingerprint density at radius 3 is 2.77 bits per heavy atom. The Kier molecular flexibility index (Phi) is 5.22. The van der Waals surface area contributed by atoms with Crippen LogP contribution in [0.5, 0.6) is 11.5 Å². The first-order valence-corrected chi connectivity index (χ1v) is 9.77. The summed E-state index contributed by atoms with van der Waals surface area (Å²) in [6, 6.07) is 10.7. The first kappa shape index (κ1) is 20.0. The van der Waals surface area contributed by atoms with E-state index in [1.165, 1.54) is 24.1 Å². The fourth-order valence-electron chi connectivity index (χ4n) is 4.07. The number of hydrogen-bond acceptors (Lipinski definition) is 6. The molecule has 1 saturated heterocycles. The van der Waals surface area contributed by atoms with Crippen molar-refractivity contribution in [2.24, 2.45) is 0 Å². The Labute approximate surface area is 174 Å². The number of methoxy groups -OCH3 is 1. The minimum atomic E-state index is -0.823. The summed E-state index contributed by atoms with van der Waals surface area (Å²) >= 11 is 0. The number of ether oxygens (including phenoxy) is 2. The molecular weight excluding hydrogens is 386 g/mol. The molecule has 30 heavy (non-hydrogen) atoms. The van der Waals surface area contributed by atoms with Gasteiger partial charge in [0.2, 0.25) is 0 Å². The molecule has 2 N–H and O–H groups in total. The van der Waals surface area contributed by atoms with Crippen LogP contribution < -0.4 is 4.74 Å². The Morgan fingerprint density at radius 1 is 1.23 bits per heavy atom. The first-order chi connectivity index (χ1) is 14.4. The molecule has 2 aromatic carbocycles. The van der Waals surface area contributed by atoms with Crippen LogP contribution in [-0.4, -0.2) is 53.2 Å². The van der Waals surface area contributed by atoms with Gasteiger partial charge in [0.25, 0.3) is 11.7 Å². The summed E-state index contributed by atoms with van der Waals surface area (Å²) in [4.78, 5) is 27.0. The predicted octanol–water partition coefficient (Wildman–Crippen LogP) is 2.78. The molecule has 0 bridgehead atoms. The van der Waals surface area contributed by atoms with E-state index in [4.69, 9.17) is 9.47 Å². The molecule has 0 spiro atoms. The number of phenolic OH excluding ortho intramolecular Hbond substituents is 1. The third kappa shape index (κ3) is 3.41. The zero-order valence-electron chi connectivity index (χ0n) is 16.8. The number of phenols is 1. The van der Waals surface area contributed by atoms with Gasteiger partial charge in [-0.3, -0.25) is 9.59 Å². The predicted molar refractivity (Wildman–Crippen MR) is 109 cm³/mol. The van der Waals surface area contributed by atoms with Crippen molar-refractivity contribution in [1.29, 1.82) is 0 Å². The average Bonchev–Trinajstić information content (AvgIpc) is 3.22. The summed E-state index contributed by atoms with van der Waals surface area (Å²) in [6.07, 6.45) is 0.749. The van der Waals surface area contributed by atoms with Crippen LogP contribution in [0, 0.1) is 0 Å². The second kappa shape index (κ2) is 7.84. The van der Waals surface area contributed by atoms with Crippen molar-refractivity contribution < 1.29 is 29.3 Å². The van der Waals surface area contributed by atoms with Gasteiger partial charge in [0.05, 0.1) is 18.2 Å². The highest BCUT2D eigenvalue weighted by Gasteiger charge is 2.46. The standard InChI is InChI=1S/C23H23NO6/c1-13-10-16-11-15(6-7-18(16)30-13)21(26)19-20(14-4-3-5-17(25)12-14)24(8-9-29-2)23(28)22(19)27/h3-7,11-13,20,25-26H,8-10H2,1-2H3/b21-19-. The van der Waals surface area contributed by atoms with Crippen LogP contribution in [0.2, 0.25) is 0 Å². The number of rotatable bonds is 5. The van der Waals surface area contributed by atoms with Gasteiger partial charge in [-0.15, -0.1) is 0 Å². The lowest BCUT2D eigenvalue weighted by molar-refractivity contribution is -0.140. The summed E-state index contributed by atoms with van der Waals surface area (Å²) in [5.41, 5.74) is 1.91. The zero-order valence-corrected chi connectivity index (χ0v) is 16.8. The van der Waals surface area contributed by atoms with Crippen molar-refractivity contribution in [3.63, 3.8) is 0 Å². The van der Waals surface area contributed by atoms with E-state index in [1.54, 1.807) is 30.3 Å². The van der Waals surface area contributed by atoms with E-state index in [0.717, 1.165) is 11.3 Å². The van der Waals surface area contributed by atoms with Gasteiger partial charge in [0, 0.05) is 25.6 Å². The maximum Gasteiger partial charge on any atom is 0.295 e. The number of amides is 1. The van der Waals surface area contributed by atoms with Crippen LogP contribution in [0.4, 0.5) is 0 Å². The van der Waals surface area contributed by atoms with Gasteiger partial charge in [-0.1, -0.05) is 12.1 Å². The van der Waals surface area contributed by atoms with Crippen LogP contribution in [0.1, 0.15) is 29.7 Å². The molecule has 2 aliphatic rings. The second-order valence-corrected chi connectivity index (χ2v) is 7.54. The van der Waals surface area contributed by atoms with E-state index in [-0.39, 0.29) is 36.3 Å². The number of benzene rings is 2. The number of carbonyl (C=O) groups excluding carboxylic acids is 2. The quantitative estimate of drug-likeness (QED) is 0.448. The lowest BCUT2D eigenvalue weighted by atomic mass is 9.94. The number of nitrogens with zero attached hydrogens (tertiary/aromatic N) is 1. The van der Waals surface area contributed by atoms with Crippen LogP contribution in [0.15, 0.2) is 48.0 Å². The monoisotopic (exact) mass is 409 g/mol. The number of aliphatic hydroxyl groups excluding tert-OH is 1. The van der Waals surface area contributed by atoms with Crippen molar-refractivity contribution in [3.8, 4) is 11.5 Å². The summed E-state index contributed by atoms with van der Waals surface area (Å²) in [5.74, 6) is -0.955. The Balaban J connectivity index is 1.83. The first-order valence-electron chi connectivity index (χ1n) is 9.77. The maximum atomic E-state index is 12.9. The Morgan fingerprint density at radius 2 is 2.03 bits per heavy atom. The van der Waals surface area contributed by atoms with Gasteiger partial charge in [-0.05, 0) is 48.4 Å². The van der Waals surface area contributed by atoms with E-state index >= 15 is 0 Å². The third-order valence-electron chi connectivity index (χ3n) is 5.43. The van der Waals surface area contributed by atoms with Gasteiger partial charge >= 0.3 is 0 Å². The van der Waals surface area contributed by atoms with Gasteiger partial charge in [-0.2, -0.15) is 0 Å². The molecule has 2 aliphatic heterocycles. The maximum absolute atomic E-state index is 12.9. The molecule has 4 rings (SSSR count). The number of carbonyl (C=O) groups is 2. The molecule has 2 unspecified atom stereocenters. The number of likely N-dealkylation sites (tertiary alicyclic amines) is 1. The number of ketones is 1. The van der Waals surface area contributed by atoms with Crippen LogP contribution >= 0.6 is 0 Å². The molecule has 2 heterocycles. The van der Waals surface area contributed by atoms with Crippen LogP contribution in [0.3, 0.4) is 0 Å². The molecule has 1 amide bonds. The van der Waals surface area contributed by atoms with E-state index < -0.39 is 17.7 Å². The SMILES string of the molecule is COCCN1C(=O)C(=O)/C(=C(\O)c2ccc3c(c2)CC(C)O3)C1c1cccc(O)c1. The minimum absolute atomic E-state index is 0.00591. The van der Waals surface area contributed by atoms with E-state index in [0.29, 0.717) is 17.5 Å². The summed E-state index contributed by atoms with van der Waals surface area (Å²) in [5, 5.41) is 21.0. The summed E-state index contributed by atoms with van der Waals surface area (Å²) in [7, 11) is 1.51. The highest BCUT2D eigenvalue weighted by Crippen LogP contribution is 2.41. The third-order valence-corrected chi connectivity index (χ3v) is 5.43. The Bertz CT molecular complexity index is 1040. The zero-order chi connectivity index (χ0) is 21.4. The van der Waals surface area contributed by atoms with Crippen molar-refractivity contribution in [1.82, 2.24) is 4.90 Å². The molecule has 0 aromatic heterocycles. The van der Waals surface area contributed by atoms with E-state index in [1.807, 2.05) is 6.92 Å². The number of hydrogen-bond donors (Lipinski definition) is 2. The molecule has 1 fully saturated rings. The lowest BCUT2D eigenvalue weighted by Crippen LogP contribution is -2.32. The average molecular weight is 409 g/mol. The number of Topliss-reactive ketones (excluding diaryl/α,β-unsaturated/α-hetero) is 1. The fraction of sp³-hybridized carbons (Fsp3) is 0.304. The highest BCUT2D eigenvalue weighted by atomic mass is 16.5. The van der Waals surface area contributed by atoms with Gasteiger partial charge in [-0.25, -0.2) is 0 Å². The summed E-state index contributed by atoms with van der Waals surface area (Å²) in [6.45, 7) is 2.37. The molecule has 2 atom stereocenters. The molecule has 7 heteroatoms. The largest absolute Gasteiger partial charge is 0.508 e. The van der Waals surface area contributed by atoms with Crippen molar-refractivity contribution in [2.45, 2.75) is 25.5 Å². The van der Waals surface area contributed by atoms with Crippen molar-refractivity contribution in [2.75, 3.05) is 20.3 Å². The molecule has 0 aliphatic carbocycles. The highest BCUT2D eigenvalue weighted by molar-refractivity contribution is 6.46. The van der Waals surface area contributed by atoms with Crippen LogP contribution in [-0.2, 0) is 20.7 Å². The number of aromatic hydroxyl groups is 1. The van der Waals surface area contributed by atoms with Crippen molar-refractivity contribution >= 4 is 17.4 Å². The molecule has 2 aromatic rings. The van der Waals surface area contributed by atoms with Gasteiger partial charge < -0.3 is 24.6 Å². The topological polar surface area (TPSA) is 96.3 Å². The molecular formula is C23H23NO6. The van der Waals surface area contributed by atoms with E-state index in [2.05, 4.69) is 0 Å². The van der Waals surface area contributed by atoms with Crippen molar-refractivity contribution in [3.05, 3.63) is 64.7 Å². The molecule has 156 valence electrons. The molecule has 7 nitrogen and oxygen atoms in total. The molecule has 0 radical (unpaired) electrons. The van der Waals surface area contributed by atoms with E-state index in [9.17, 15) is 19.8 Å². The second-order valence-electron chi connectivity index (χ2n) is 7.54. The summed E-state index contributed by atoms with van der Waals surface area (Å²) < 4.78 is 10.8. The Hall–Kier alpha value is -3.32. The normalized spacial score (nSPS) is 22.3. The lowest BCUT2D eigenvalue weighted by Gasteiger charge is -2.25.